The highest BCUT2D eigenvalue weighted by Crippen LogP contribution is 2.26. The van der Waals surface area contributed by atoms with Gasteiger partial charge in [-0.05, 0) is 37.3 Å². The summed E-state index contributed by atoms with van der Waals surface area (Å²) in [5, 5.41) is 0. The lowest BCUT2D eigenvalue weighted by Crippen LogP contribution is -2.20. The van der Waals surface area contributed by atoms with Crippen molar-refractivity contribution >= 4 is 0 Å². The Balaban J connectivity index is 2.65. The third-order valence-corrected chi connectivity index (χ3v) is 3.16. The number of likely N-dealkylation sites (tertiary alicyclic amines) is 1. The molecule has 1 heterocycles. The first kappa shape index (κ1) is 12.1. The summed E-state index contributed by atoms with van der Waals surface area (Å²) in [5.41, 5.74) is 1.30. The van der Waals surface area contributed by atoms with Crippen LogP contribution in [0.2, 0.25) is 0 Å². The minimum atomic E-state index is 0.797. The van der Waals surface area contributed by atoms with Crippen LogP contribution in [0, 0.1) is 11.8 Å². The van der Waals surface area contributed by atoms with E-state index in [0.717, 1.165) is 11.8 Å². The molecule has 1 aliphatic heterocycles. The van der Waals surface area contributed by atoms with Crippen LogP contribution in [0.4, 0.5) is 0 Å². The summed E-state index contributed by atoms with van der Waals surface area (Å²) in [4.78, 5) is 2.46. The van der Waals surface area contributed by atoms with E-state index >= 15 is 0 Å². The topological polar surface area (TPSA) is 3.24 Å². The van der Waals surface area contributed by atoms with Crippen LogP contribution in [-0.4, -0.2) is 18.0 Å². The van der Waals surface area contributed by atoms with E-state index in [1.165, 1.54) is 25.2 Å². The molecular weight excluding hydrogens is 182 g/mol. The minimum absolute atomic E-state index is 0.797. The smallest absolute Gasteiger partial charge is 0.0362 e. The third kappa shape index (κ3) is 3.26. The van der Waals surface area contributed by atoms with Gasteiger partial charge < -0.3 is 4.90 Å². The summed E-state index contributed by atoms with van der Waals surface area (Å²) in [5.74, 6) is 1.65. The van der Waals surface area contributed by atoms with E-state index in [1.807, 2.05) is 6.08 Å². The van der Waals surface area contributed by atoms with Gasteiger partial charge in [0.15, 0.2) is 0 Å². The fraction of sp³-hybridized carbons (Fsp3) is 0.571. The van der Waals surface area contributed by atoms with Crippen LogP contribution in [0.15, 0.2) is 36.6 Å². The van der Waals surface area contributed by atoms with Gasteiger partial charge >= 0.3 is 0 Å². The van der Waals surface area contributed by atoms with Crippen molar-refractivity contribution in [2.24, 2.45) is 11.8 Å². The lowest BCUT2D eigenvalue weighted by molar-refractivity contribution is 0.363. The second-order valence-electron chi connectivity index (χ2n) is 4.57. The Morgan fingerprint density at radius 1 is 1.47 bits per heavy atom. The predicted octanol–water partition coefficient (Wildman–Crippen LogP) is 3.61. The summed E-state index contributed by atoms with van der Waals surface area (Å²) in [6.45, 7) is 12.9. The molecule has 0 saturated carbocycles. The molecule has 1 unspecified atom stereocenters. The van der Waals surface area contributed by atoms with Gasteiger partial charge in [0.25, 0.3) is 0 Å². The average molecular weight is 205 g/mol. The lowest BCUT2D eigenvalue weighted by Gasteiger charge is -2.20. The van der Waals surface area contributed by atoms with E-state index < -0.39 is 0 Å². The fourth-order valence-corrected chi connectivity index (χ4v) is 2.12. The van der Waals surface area contributed by atoms with Crippen LogP contribution >= 0.6 is 0 Å². The number of rotatable bonds is 4. The summed E-state index contributed by atoms with van der Waals surface area (Å²) < 4.78 is 0. The monoisotopic (exact) mass is 205 g/mol. The van der Waals surface area contributed by atoms with Crippen molar-refractivity contribution in [2.75, 3.05) is 13.1 Å². The quantitative estimate of drug-likeness (QED) is 0.634. The zero-order valence-corrected chi connectivity index (χ0v) is 10.2. The number of hydrogen-bond donors (Lipinski definition) is 0. The van der Waals surface area contributed by atoms with Gasteiger partial charge in [-0.1, -0.05) is 32.6 Å². The molecule has 1 heteroatoms. The van der Waals surface area contributed by atoms with Crippen molar-refractivity contribution in [1.29, 1.82) is 0 Å². The standard InChI is InChI=1S/C14H23N/c1-5-7-14(8-6-2)15-10-9-13(11-15)12(3)4/h5-8,12-13H,1,9-11H2,2-4H3/b8-6-,14-7+. The van der Waals surface area contributed by atoms with E-state index in [1.54, 1.807) is 0 Å². The van der Waals surface area contributed by atoms with E-state index in [9.17, 15) is 0 Å². The first-order valence-corrected chi connectivity index (χ1v) is 5.89. The van der Waals surface area contributed by atoms with E-state index in [-0.39, 0.29) is 0 Å². The van der Waals surface area contributed by atoms with Crippen LogP contribution < -0.4 is 0 Å². The van der Waals surface area contributed by atoms with Crippen LogP contribution in [0.25, 0.3) is 0 Å². The molecule has 0 radical (unpaired) electrons. The second-order valence-corrected chi connectivity index (χ2v) is 4.57. The highest BCUT2D eigenvalue weighted by atomic mass is 15.2. The Morgan fingerprint density at radius 2 is 2.20 bits per heavy atom. The molecule has 0 spiro atoms. The molecule has 0 N–H and O–H groups in total. The number of hydrogen-bond acceptors (Lipinski definition) is 1. The zero-order valence-electron chi connectivity index (χ0n) is 10.2. The molecule has 1 rings (SSSR count). The largest absolute Gasteiger partial charge is 0.371 e. The second kappa shape index (κ2) is 5.79. The Kier molecular flexibility index (Phi) is 4.67. The van der Waals surface area contributed by atoms with Crippen molar-refractivity contribution in [3.63, 3.8) is 0 Å². The molecule has 1 saturated heterocycles. The van der Waals surface area contributed by atoms with Crippen LogP contribution in [0.1, 0.15) is 27.2 Å². The van der Waals surface area contributed by atoms with Crippen molar-refractivity contribution in [1.82, 2.24) is 4.90 Å². The fourth-order valence-electron chi connectivity index (χ4n) is 2.12. The van der Waals surface area contributed by atoms with E-state index in [4.69, 9.17) is 0 Å². The Hall–Kier alpha value is -0.980. The molecule has 0 aromatic heterocycles. The van der Waals surface area contributed by atoms with Gasteiger partial charge in [-0.2, -0.15) is 0 Å². The number of nitrogens with zero attached hydrogens (tertiary/aromatic N) is 1. The molecule has 0 aromatic rings. The van der Waals surface area contributed by atoms with E-state index in [0.29, 0.717) is 0 Å². The number of allylic oxidation sites excluding steroid dienone is 4. The van der Waals surface area contributed by atoms with Crippen LogP contribution in [-0.2, 0) is 0 Å². The summed E-state index contributed by atoms with van der Waals surface area (Å²) in [6.07, 6.45) is 9.56. The zero-order chi connectivity index (χ0) is 11.3. The van der Waals surface area contributed by atoms with Gasteiger partial charge in [0.2, 0.25) is 0 Å². The highest BCUT2D eigenvalue weighted by Gasteiger charge is 2.24. The molecule has 0 aromatic carbocycles. The average Bonchev–Trinajstić information content (AvgIpc) is 2.66. The third-order valence-electron chi connectivity index (χ3n) is 3.16. The SMILES string of the molecule is C=C/C=C(\C=C/C)N1CCC(C(C)C)C1. The lowest BCUT2D eigenvalue weighted by atomic mass is 9.95. The van der Waals surface area contributed by atoms with Crippen molar-refractivity contribution in [2.45, 2.75) is 27.2 Å². The molecule has 0 bridgehead atoms. The summed E-state index contributed by atoms with van der Waals surface area (Å²) in [7, 11) is 0. The maximum atomic E-state index is 3.77. The maximum absolute atomic E-state index is 3.77. The van der Waals surface area contributed by atoms with Crippen LogP contribution in [0.3, 0.4) is 0 Å². The molecule has 1 nitrogen and oxygen atoms in total. The molecule has 15 heavy (non-hydrogen) atoms. The Bertz CT molecular complexity index is 261. The van der Waals surface area contributed by atoms with Gasteiger partial charge in [-0.25, -0.2) is 0 Å². The Morgan fingerprint density at radius 3 is 2.67 bits per heavy atom. The molecule has 1 aliphatic rings. The van der Waals surface area contributed by atoms with Gasteiger partial charge in [0.1, 0.15) is 0 Å². The summed E-state index contributed by atoms with van der Waals surface area (Å²) in [6, 6.07) is 0. The first-order chi connectivity index (χ1) is 7.19. The van der Waals surface area contributed by atoms with Gasteiger partial charge in [0.05, 0.1) is 0 Å². The van der Waals surface area contributed by atoms with Crippen molar-refractivity contribution in [3.05, 3.63) is 36.6 Å². The van der Waals surface area contributed by atoms with Gasteiger partial charge in [-0.15, -0.1) is 0 Å². The van der Waals surface area contributed by atoms with E-state index in [2.05, 4.69) is 50.5 Å². The molecular formula is C14H23N. The molecule has 0 amide bonds. The van der Waals surface area contributed by atoms with Crippen LogP contribution in [0.5, 0.6) is 0 Å². The maximum Gasteiger partial charge on any atom is 0.0362 e. The Labute approximate surface area is 94.2 Å². The highest BCUT2D eigenvalue weighted by molar-refractivity contribution is 5.22. The predicted molar refractivity (Wildman–Crippen MR) is 67.6 cm³/mol. The van der Waals surface area contributed by atoms with Crippen molar-refractivity contribution < 1.29 is 0 Å². The minimum Gasteiger partial charge on any atom is -0.371 e. The normalized spacial score (nSPS) is 23.1. The van der Waals surface area contributed by atoms with Crippen molar-refractivity contribution in [3.8, 4) is 0 Å². The van der Waals surface area contributed by atoms with Gasteiger partial charge in [-0.3, -0.25) is 0 Å². The summed E-state index contributed by atoms with van der Waals surface area (Å²) >= 11 is 0. The van der Waals surface area contributed by atoms with Gasteiger partial charge in [0, 0.05) is 18.8 Å². The molecule has 1 atom stereocenters. The first-order valence-electron chi connectivity index (χ1n) is 5.89. The molecule has 0 aliphatic carbocycles. The molecule has 1 fully saturated rings. The molecule has 84 valence electrons.